The van der Waals surface area contributed by atoms with Gasteiger partial charge in [0.05, 0.1) is 13.5 Å². The van der Waals surface area contributed by atoms with Crippen molar-refractivity contribution in [2.45, 2.75) is 38.8 Å². The molecule has 0 spiro atoms. The molecule has 1 amide bonds. The Kier molecular flexibility index (Phi) is 6.82. The van der Waals surface area contributed by atoms with Crippen molar-refractivity contribution in [2.75, 3.05) is 20.2 Å². The van der Waals surface area contributed by atoms with Gasteiger partial charge in [-0.15, -0.1) is 0 Å². The number of nitrogens with one attached hydrogen (secondary N) is 1. The molecular weight excluding hydrogens is 343 g/mol. The van der Waals surface area contributed by atoms with Gasteiger partial charge in [0.15, 0.2) is 11.6 Å². The Morgan fingerprint density at radius 2 is 1.70 bits per heavy atom. The zero-order valence-corrected chi connectivity index (χ0v) is 15.8. The predicted molar refractivity (Wildman–Crippen MR) is 104 cm³/mol. The van der Waals surface area contributed by atoms with Crippen LogP contribution in [0.2, 0.25) is 0 Å². The quantitative estimate of drug-likeness (QED) is 0.808. The van der Waals surface area contributed by atoms with Gasteiger partial charge in [0.1, 0.15) is 0 Å². The van der Waals surface area contributed by atoms with Crippen LogP contribution in [0.25, 0.3) is 0 Å². The number of ether oxygens (including phenoxy) is 1. The zero-order valence-electron chi connectivity index (χ0n) is 15.8. The van der Waals surface area contributed by atoms with E-state index in [4.69, 9.17) is 4.74 Å². The lowest BCUT2D eigenvalue weighted by Gasteiger charge is -2.26. The van der Waals surface area contributed by atoms with Crippen molar-refractivity contribution in [3.8, 4) is 5.75 Å². The Bertz CT molecular complexity index is 755. The molecule has 0 radical (unpaired) electrons. The van der Waals surface area contributed by atoms with Gasteiger partial charge in [-0.3, -0.25) is 9.69 Å². The van der Waals surface area contributed by atoms with E-state index in [1.165, 1.54) is 51.1 Å². The van der Waals surface area contributed by atoms with Crippen LogP contribution in [0.4, 0.5) is 4.39 Å². The second-order valence-corrected chi connectivity index (χ2v) is 7.08. The van der Waals surface area contributed by atoms with E-state index >= 15 is 0 Å². The van der Waals surface area contributed by atoms with Crippen LogP contribution in [0.1, 0.15) is 36.0 Å². The number of hydrogen-bond donors (Lipinski definition) is 1. The summed E-state index contributed by atoms with van der Waals surface area (Å²) in [4.78, 5) is 14.6. The first-order chi connectivity index (χ1) is 13.1. The van der Waals surface area contributed by atoms with Crippen molar-refractivity contribution in [1.29, 1.82) is 0 Å². The summed E-state index contributed by atoms with van der Waals surface area (Å²) < 4.78 is 18.6. The van der Waals surface area contributed by atoms with Gasteiger partial charge in [0, 0.05) is 13.1 Å². The fraction of sp³-hybridized carbons (Fsp3) is 0.409. The number of rotatable bonds is 7. The zero-order chi connectivity index (χ0) is 19.1. The lowest BCUT2D eigenvalue weighted by Crippen LogP contribution is -2.29. The minimum Gasteiger partial charge on any atom is -0.494 e. The van der Waals surface area contributed by atoms with Crippen LogP contribution < -0.4 is 10.1 Å². The smallest absolute Gasteiger partial charge is 0.224 e. The Morgan fingerprint density at radius 3 is 2.37 bits per heavy atom. The van der Waals surface area contributed by atoms with Gasteiger partial charge >= 0.3 is 0 Å². The maximum Gasteiger partial charge on any atom is 0.224 e. The first-order valence-corrected chi connectivity index (χ1v) is 9.53. The molecule has 1 aliphatic heterocycles. The van der Waals surface area contributed by atoms with E-state index in [2.05, 4.69) is 34.5 Å². The van der Waals surface area contributed by atoms with Gasteiger partial charge in [-0.1, -0.05) is 36.8 Å². The van der Waals surface area contributed by atoms with Gasteiger partial charge in [-0.05, 0) is 54.8 Å². The molecule has 1 saturated heterocycles. The minimum absolute atomic E-state index is 0.128. The third-order valence-electron chi connectivity index (χ3n) is 4.95. The third kappa shape index (κ3) is 5.79. The standard InChI is InChI=1S/C22H27FN2O2/c1-27-21-10-9-19(13-20(21)23)14-22(26)24-15-17-5-7-18(8-6-17)16-25-11-3-2-4-12-25/h5-10,13H,2-4,11-12,14-16H2,1H3,(H,24,26). The summed E-state index contributed by atoms with van der Waals surface area (Å²) in [6, 6.07) is 13.0. The fourth-order valence-corrected chi connectivity index (χ4v) is 3.41. The highest BCUT2D eigenvalue weighted by atomic mass is 19.1. The third-order valence-corrected chi connectivity index (χ3v) is 4.95. The molecule has 144 valence electrons. The SMILES string of the molecule is COc1ccc(CC(=O)NCc2ccc(CN3CCCCC3)cc2)cc1F. The fourth-order valence-electron chi connectivity index (χ4n) is 3.41. The van der Waals surface area contributed by atoms with Gasteiger partial charge in [-0.2, -0.15) is 0 Å². The van der Waals surface area contributed by atoms with Crippen LogP contribution in [0, 0.1) is 5.82 Å². The minimum atomic E-state index is -0.452. The van der Waals surface area contributed by atoms with E-state index in [0.717, 1.165) is 12.1 Å². The van der Waals surface area contributed by atoms with Crippen molar-refractivity contribution in [2.24, 2.45) is 0 Å². The van der Waals surface area contributed by atoms with Crippen molar-refractivity contribution in [1.82, 2.24) is 10.2 Å². The van der Waals surface area contributed by atoms with E-state index < -0.39 is 5.82 Å². The van der Waals surface area contributed by atoms with E-state index in [9.17, 15) is 9.18 Å². The average Bonchev–Trinajstić information content (AvgIpc) is 2.68. The highest BCUT2D eigenvalue weighted by Gasteiger charge is 2.11. The van der Waals surface area contributed by atoms with Crippen molar-refractivity contribution in [3.63, 3.8) is 0 Å². The largest absolute Gasteiger partial charge is 0.494 e. The van der Waals surface area contributed by atoms with Gasteiger partial charge in [0.2, 0.25) is 5.91 Å². The number of hydrogen-bond acceptors (Lipinski definition) is 3. The predicted octanol–water partition coefficient (Wildman–Crippen LogP) is 3.68. The highest BCUT2D eigenvalue weighted by Crippen LogP contribution is 2.18. The lowest BCUT2D eigenvalue weighted by atomic mass is 10.1. The molecule has 1 aliphatic rings. The second-order valence-electron chi connectivity index (χ2n) is 7.08. The number of carbonyl (C=O) groups excluding carboxylic acids is 1. The number of likely N-dealkylation sites (tertiary alicyclic amines) is 1. The molecule has 1 heterocycles. The highest BCUT2D eigenvalue weighted by molar-refractivity contribution is 5.78. The van der Waals surface area contributed by atoms with E-state index in [1.807, 2.05) is 0 Å². The lowest BCUT2D eigenvalue weighted by molar-refractivity contribution is -0.120. The summed E-state index contributed by atoms with van der Waals surface area (Å²) in [6.07, 6.45) is 4.08. The molecule has 0 saturated carbocycles. The first-order valence-electron chi connectivity index (χ1n) is 9.53. The Balaban J connectivity index is 1.46. The molecule has 0 bridgehead atoms. The van der Waals surface area contributed by atoms with Crippen LogP contribution in [0.3, 0.4) is 0 Å². The second kappa shape index (κ2) is 9.51. The Hall–Kier alpha value is -2.40. The molecule has 0 aliphatic carbocycles. The number of nitrogens with zero attached hydrogens (tertiary/aromatic N) is 1. The molecular formula is C22H27FN2O2. The molecule has 0 aromatic heterocycles. The summed E-state index contributed by atoms with van der Waals surface area (Å²) in [5, 5.41) is 2.89. The summed E-state index contributed by atoms with van der Waals surface area (Å²) in [5.74, 6) is -0.396. The van der Waals surface area contributed by atoms with E-state index in [1.54, 1.807) is 12.1 Å². The Labute approximate surface area is 160 Å². The monoisotopic (exact) mass is 370 g/mol. The van der Waals surface area contributed by atoms with Gasteiger partial charge < -0.3 is 10.1 Å². The topological polar surface area (TPSA) is 41.6 Å². The molecule has 5 heteroatoms. The number of amides is 1. The first kappa shape index (κ1) is 19.4. The van der Waals surface area contributed by atoms with E-state index in [-0.39, 0.29) is 18.1 Å². The summed E-state index contributed by atoms with van der Waals surface area (Å²) in [7, 11) is 1.42. The molecule has 3 rings (SSSR count). The van der Waals surface area contributed by atoms with Crippen LogP contribution in [-0.4, -0.2) is 31.0 Å². The molecule has 2 aromatic carbocycles. The molecule has 0 unspecified atom stereocenters. The van der Waals surface area contributed by atoms with E-state index in [0.29, 0.717) is 12.1 Å². The van der Waals surface area contributed by atoms with Crippen molar-refractivity contribution < 1.29 is 13.9 Å². The molecule has 1 fully saturated rings. The average molecular weight is 370 g/mol. The summed E-state index contributed by atoms with van der Waals surface area (Å²) in [6.45, 7) is 3.84. The summed E-state index contributed by atoms with van der Waals surface area (Å²) >= 11 is 0. The van der Waals surface area contributed by atoms with Crippen molar-refractivity contribution >= 4 is 5.91 Å². The Morgan fingerprint density at radius 1 is 1.04 bits per heavy atom. The van der Waals surface area contributed by atoms with Crippen LogP contribution in [0.5, 0.6) is 5.75 Å². The number of carbonyl (C=O) groups is 1. The molecule has 2 aromatic rings. The maximum atomic E-state index is 13.7. The number of methoxy groups -OCH3 is 1. The molecule has 27 heavy (non-hydrogen) atoms. The number of halogens is 1. The van der Waals surface area contributed by atoms with Crippen LogP contribution >= 0.6 is 0 Å². The maximum absolute atomic E-state index is 13.7. The summed E-state index contributed by atoms with van der Waals surface area (Å²) in [5.41, 5.74) is 3.00. The molecule has 0 atom stereocenters. The molecule has 1 N–H and O–H groups in total. The number of piperidine rings is 1. The normalized spacial score (nSPS) is 14.7. The van der Waals surface area contributed by atoms with Gasteiger partial charge in [-0.25, -0.2) is 4.39 Å². The van der Waals surface area contributed by atoms with Gasteiger partial charge in [0.25, 0.3) is 0 Å². The van der Waals surface area contributed by atoms with Crippen molar-refractivity contribution in [3.05, 3.63) is 65.0 Å². The van der Waals surface area contributed by atoms with Crippen LogP contribution in [0.15, 0.2) is 42.5 Å². The van der Waals surface area contributed by atoms with Crippen LogP contribution in [-0.2, 0) is 24.3 Å². The number of benzene rings is 2. The molecule has 4 nitrogen and oxygen atoms in total.